The van der Waals surface area contributed by atoms with E-state index in [2.05, 4.69) is 4.98 Å². The van der Waals surface area contributed by atoms with E-state index in [0.29, 0.717) is 19.4 Å². The molecule has 1 saturated heterocycles. The third-order valence-electron chi connectivity index (χ3n) is 3.55. The molecule has 2 unspecified atom stereocenters. The van der Waals surface area contributed by atoms with Crippen molar-refractivity contribution in [3.05, 3.63) is 30.1 Å². The highest BCUT2D eigenvalue weighted by molar-refractivity contribution is 5.83. The summed E-state index contributed by atoms with van der Waals surface area (Å²) < 4.78 is 5.35. The number of ether oxygens (including phenoxy) is 1. The molecule has 6 heteroatoms. The van der Waals surface area contributed by atoms with Gasteiger partial charge < -0.3 is 14.7 Å². The fourth-order valence-corrected chi connectivity index (χ4v) is 2.39. The van der Waals surface area contributed by atoms with E-state index in [4.69, 9.17) is 9.84 Å². The van der Waals surface area contributed by atoms with Gasteiger partial charge in [-0.25, -0.2) is 4.79 Å². The van der Waals surface area contributed by atoms with Crippen molar-refractivity contribution in [2.24, 2.45) is 0 Å². The molecule has 2 rings (SSSR count). The predicted molar refractivity (Wildman–Crippen MR) is 75.5 cm³/mol. The Morgan fingerprint density at radius 2 is 2.14 bits per heavy atom. The third kappa shape index (κ3) is 3.78. The van der Waals surface area contributed by atoms with Crippen LogP contribution < -0.4 is 0 Å². The second-order valence-electron chi connectivity index (χ2n) is 5.45. The average molecular weight is 292 g/mol. The molecule has 1 aromatic heterocycles. The van der Waals surface area contributed by atoms with Gasteiger partial charge in [0.05, 0.1) is 0 Å². The van der Waals surface area contributed by atoms with Gasteiger partial charge in [0, 0.05) is 25.0 Å². The molecule has 21 heavy (non-hydrogen) atoms. The number of aromatic nitrogens is 1. The Kier molecular flexibility index (Phi) is 4.90. The average Bonchev–Trinajstić information content (AvgIpc) is 2.95. The van der Waals surface area contributed by atoms with Gasteiger partial charge in [-0.15, -0.1) is 0 Å². The molecule has 1 aromatic rings. The molecule has 2 atom stereocenters. The van der Waals surface area contributed by atoms with Gasteiger partial charge in [0.2, 0.25) is 0 Å². The fourth-order valence-electron chi connectivity index (χ4n) is 2.39. The van der Waals surface area contributed by atoms with E-state index in [-0.39, 0.29) is 11.9 Å². The number of carbonyl (C=O) groups excluding carboxylic acids is 1. The molecule has 1 N–H and O–H groups in total. The number of aliphatic carboxylic acids is 1. The van der Waals surface area contributed by atoms with Crippen LogP contribution >= 0.6 is 0 Å². The molecule has 0 spiro atoms. The fraction of sp³-hybridized carbons (Fsp3) is 0.533. The second kappa shape index (κ2) is 6.67. The molecular weight excluding hydrogens is 272 g/mol. The zero-order chi connectivity index (χ0) is 15.4. The van der Waals surface area contributed by atoms with Crippen LogP contribution in [-0.2, 0) is 20.9 Å². The first kappa shape index (κ1) is 15.4. The molecule has 0 aliphatic carbocycles. The Balaban J connectivity index is 2.05. The van der Waals surface area contributed by atoms with Gasteiger partial charge in [0.1, 0.15) is 6.10 Å². The van der Waals surface area contributed by atoms with Crippen molar-refractivity contribution < 1.29 is 19.4 Å². The van der Waals surface area contributed by atoms with Crippen LogP contribution in [0.25, 0.3) is 0 Å². The summed E-state index contributed by atoms with van der Waals surface area (Å²) in [5, 5.41) is 8.94. The van der Waals surface area contributed by atoms with Crippen LogP contribution in [0.4, 0.5) is 0 Å². The van der Waals surface area contributed by atoms with Gasteiger partial charge >= 0.3 is 5.97 Å². The Morgan fingerprint density at radius 1 is 1.43 bits per heavy atom. The van der Waals surface area contributed by atoms with Gasteiger partial charge in [-0.05, 0) is 38.3 Å². The number of amides is 1. The van der Waals surface area contributed by atoms with E-state index in [9.17, 15) is 9.59 Å². The summed E-state index contributed by atoms with van der Waals surface area (Å²) >= 11 is 0. The minimum Gasteiger partial charge on any atom is -0.479 e. The van der Waals surface area contributed by atoms with E-state index in [1.54, 1.807) is 17.3 Å². The lowest BCUT2D eigenvalue weighted by molar-refractivity contribution is -0.155. The SMILES string of the molecule is CC(C)N(Cc1cccnc1)C(=O)C1CCC(C(=O)O)O1. The summed E-state index contributed by atoms with van der Waals surface area (Å²) in [4.78, 5) is 29.2. The summed E-state index contributed by atoms with van der Waals surface area (Å²) in [5.74, 6) is -1.16. The number of rotatable bonds is 5. The molecule has 114 valence electrons. The lowest BCUT2D eigenvalue weighted by atomic mass is 10.1. The first-order valence-corrected chi connectivity index (χ1v) is 7.06. The number of nitrogens with zero attached hydrogens (tertiary/aromatic N) is 2. The van der Waals surface area contributed by atoms with Crippen molar-refractivity contribution in [1.29, 1.82) is 0 Å². The molecule has 1 aliphatic rings. The molecule has 1 amide bonds. The van der Waals surface area contributed by atoms with Crippen LogP contribution in [0.3, 0.4) is 0 Å². The zero-order valence-corrected chi connectivity index (χ0v) is 12.2. The van der Waals surface area contributed by atoms with Crippen LogP contribution in [-0.4, -0.2) is 45.1 Å². The largest absolute Gasteiger partial charge is 0.479 e. The Morgan fingerprint density at radius 3 is 2.67 bits per heavy atom. The number of carboxylic acid groups (broad SMARTS) is 1. The molecule has 0 aromatic carbocycles. The Bertz CT molecular complexity index is 504. The molecular formula is C15H20N2O4. The number of hydrogen-bond donors (Lipinski definition) is 1. The Hall–Kier alpha value is -1.95. The van der Waals surface area contributed by atoms with Gasteiger partial charge in [-0.1, -0.05) is 6.07 Å². The summed E-state index contributed by atoms with van der Waals surface area (Å²) in [5.41, 5.74) is 0.937. The van der Waals surface area contributed by atoms with Crippen molar-refractivity contribution in [2.75, 3.05) is 0 Å². The molecule has 2 heterocycles. The summed E-state index contributed by atoms with van der Waals surface area (Å²) in [6.07, 6.45) is 2.70. The van der Waals surface area contributed by atoms with Crippen LogP contribution in [0.5, 0.6) is 0 Å². The number of carboxylic acids is 1. The maximum Gasteiger partial charge on any atom is 0.332 e. The van der Waals surface area contributed by atoms with Crippen LogP contribution in [0, 0.1) is 0 Å². The number of hydrogen-bond acceptors (Lipinski definition) is 4. The second-order valence-corrected chi connectivity index (χ2v) is 5.45. The van der Waals surface area contributed by atoms with Crippen molar-refractivity contribution in [3.63, 3.8) is 0 Å². The minimum atomic E-state index is -1.01. The van der Waals surface area contributed by atoms with Gasteiger partial charge in [-0.2, -0.15) is 0 Å². The van der Waals surface area contributed by atoms with Crippen molar-refractivity contribution in [1.82, 2.24) is 9.88 Å². The smallest absolute Gasteiger partial charge is 0.332 e. The van der Waals surface area contributed by atoms with E-state index >= 15 is 0 Å². The van der Waals surface area contributed by atoms with Crippen LogP contribution in [0.1, 0.15) is 32.3 Å². The van der Waals surface area contributed by atoms with Crippen LogP contribution in [0.2, 0.25) is 0 Å². The first-order chi connectivity index (χ1) is 9.99. The van der Waals surface area contributed by atoms with Crippen LogP contribution in [0.15, 0.2) is 24.5 Å². The van der Waals surface area contributed by atoms with Crippen molar-refractivity contribution in [2.45, 2.75) is 51.5 Å². The van der Waals surface area contributed by atoms with Gasteiger partial charge in [0.25, 0.3) is 5.91 Å². The Labute approximate surface area is 123 Å². The lowest BCUT2D eigenvalue weighted by Gasteiger charge is -2.29. The van der Waals surface area contributed by atoms with E-state index in [1.165, 1.54) is 0 Å². The summed E-state index contributed by atoms with van der Waals surface area (Å²) in [6, 6.07) is 3.74. The van der Waals surface area contributed by atoms with Crippen molar-refractivity contribution >= 4 is 11.9 Å². The molecule has 0 bridgehead atoms. The van der Waals surface area contributed by atoms with E-state index < -0.39 is 18.2 Å². The van der Waals surface area contributed by atoms with E-state index in [1.807, 2.05) is 26.0 Å². The first-order valence-electron chi connectivity index (χ1n) is 7.06. The molecule has 1 aliphatic heterocycles. The molecule has 1 fully saturated rings. The molecule has 6 nitrogen and oxygen atoms in total. The van der Waals surface area contributed by atoms with Gasteiger partial charge in [0.15, 0.2) is 6.10 Å². The standard InChI is InChI=1S/C15H20N2O4/c1-10(2)17(9-11-4-3-7-16-8-11)14(18)12-5-6-13(21-12)15(19)20/h3-4,7-8,10,12-13H,5-6,9H2,1-2H3,(H,19,20). The van der Waals surface area contributed by atoms with Gasteiger partial charge in [-0.3, -0.25) is 9.78 Å². The maximum atomic E-state index is 12.5. The number of carbonyl (C=O) groups is 2. The van der Waals surface area contributed by atoms with Crippen molar-refractivity contribution in [3.8, 4) is 0 Å². The summed E-state index contributed by atoms with van der Waals surface area (Å²) in [6.45, 7) is 4.30. The highest BCUT2D eigenvalue weighted by Gasteiger charge is 2.37. The number of pyridine rings is 1. The third-order valence-corrected chi connectivity index (χ3v) is 3.55. The topological polar surface area (TPSA) is 79.7 Å². The quantitative estimate of drug-likeness (QED) is 0.888. The lowest BCUT2D eigenvalue weighted by Crippen LogP contribution is -2.43. The molecule has 0 radical (unpaired) electrons. The molecule has 0 saturated carbocycles. The normalized spacial score (nSPS) is 21.5. The minimum absolute atomic E-state index is 0.00480. The van der Waals surface area contributed by atoms with E-state index in [0.717, 1.165) is 5.56 Å². The maximum absolute atomic E-state index is 12.5. The zero-order valence-electron chi connectivity index (χ0n) is 12.2. The predicted octanol–water partition coefficient (Wildman–Crippen LogP) is 1.45. The summed E-state index contributed by atoms with van der Waals surface area (Å²) in [7, 11) is 0. The monoisotopic (exact) mass is 292 g/mol. The highest BCUT2D eigenvalue weighted by atomic mass is 16.5. The highest BCUT2D eigenvalue weighted by Crippen LogP contribution is 2.23.